The van der Waals surface area contributed by atoms with Crippen LogP contribution in [0.4, 0.5) is 4.39 Å². The van der Waals surface area contributed by atoms with Gasteiger partial charge >= 0.3 is 0 Å². The molecule has 1 aromatic carbocycles. The Balaban J connectivity index is 1.77. The molecule has 0 amide bonds. The first-order chi connectivity index (χ1) is 12.2. The number of rotatable bonds is 3. The Morgan fingerprint density at radius 3 is 2.72 bits per heavy atom. The Morgan fingerprint density at radius 2 is 1.92 bits per heavy atom. The first kappa shape index (κ1) is 15.8. The molecule has 1 fully saturated rings. The summed E-state index contributed by atoms with van der Waals surface area (Å²) in [6.45, 7) is 1.92. The number of hydrogen-bond donors (Lipinski definition) is 2. The van der Waals surface area contributed by atoms with Gasteiger partial charge in [0.2, 0.25) is 0 Å². The fourth-order valence-corrected chi connectivity index (χ4v) is 3.51. The second kappa shape index (κ2) is 6.64. The molecule has 3 heterocycles. The van der Waals surface area contributed by atoms with Crippen molar-refractivity contribution < 1.29 is 9.60 Å². The molecule has 6 heteroatoms. The van der Waals surface area contributed by atoms with Gasteiger partial charge in [0.25, 0.3) is 0 Å². The zero-order valence-electron chi connectivity index (χ0n) is 13.7. The molecular formula is C19H19FN4O. The highest BCUT2D eigenvalue weighted by molar-refractivity contribution is 5.73. The van der Waals surface area contributed by atoms with Gasteiger partial charge in [0.1, 0.15) is 11.5 Å². The number of hydrogen-bond acceptors (Lipinski definition) is 4. The summed E-state index contributed by atoms with van der Waals surface area (Å²) in [5, 5.41) is 17.6. The van der Waals surface area contributed by atoms with E-state index < -0.39 is 0 Å². The molecule has 1 aliphatic heterocycles. The van der Waals surface area contributed by atoms with E-state index in [2.05, 4.69) is 15.4 Å². The summed E-state index contributed by atoms with van der Waals surface area (Å²) < 4.78 is 14.1. The van der Waals surface area contributed by atoms with E-state index in [1.165, 1.54) is 6.20 Å². The van der Waals surface area contributed by atoms with Crippen LogP contribution in [0.1, 0.15) is 24.3 Å². The molecule has 1 saturated heterocycles. The van der Waals surface area contributed by atoms with E-state index in [9.17, 15) is 9.60 Å². The van der Waals surface area contributed by atoms with Crippen molar-refractivity contribution in [3.05, 3.63) is 60.3 Å². The number of benzene rings is 1. The van der Waals surface area contributed by atoms with E-state index in [1.54, 1.807) is 18.5 Å². The van der Waals surface area contributed by atoms with Crippen LogP contribution in [-0.2, 0) is 0 Å². The highest BCUT2D eigenvalue weighted by Gasteiger charge is 2.23. The monoisotopic (exact) mass is 338 g/mol. The van der Waals surface area contributed by atoms with Gasteiger partial charge in [-0.3, -0.25) is 4.98 Å². The van der Waals surface area contributed by atoms with Crippen molar-refractivity contribution in [1.29, 1.82) is 0 Å². The maximum absolute atomic E-state index is 14.1. The molecule has 25 heavy (non-hydrogen) atoms. The number of halogens is 1. The Hall–Kier alpha value is -2.73. The van der Waals surface area contributed by atoms with Gasteiger partial charge in [0.15, 0.2) is 0 Å². The highest BCUT2D eigenvalue weighted by atomic mass is 19.1. The second-order valence-electron chi connectivity index (χ2n) is 6.30. The molecule has 3 aromatic rings. The Kier molecular flexibility index (Phi) is 4.19. The maximum atomic E-state index is 14.1. The minimum absolute atomic E-state index is 0.360. The normalized spacial score (nSPS) is 15.4. The van der Waals surface area contributed by atoms with Crippen molar-refractivity contribution in [1.82, 2.24) is 20.2 Å². The zero-order chi connectivity index (χ0) is 17.2. The van der Waals surface area contributed by atoms with Crippen LogP contribution in [0.25, 0.3) is 22.4 Å². The number of pyridine rings is 1. The van der Waals surface area contributed by atoms with Crippen LogP contribution in [0.3, 0.4) is 0 Å². The van der Waals surface area contributed by atoms with Crippen molar-refractivity contribution in [2.75, 3.05) is 13.1 Å². The summed E-state index contributed by atoms with van der Waals surface area (Å²) >= 11 is 0. The van der Waals surface area contributed by atoms with Crippen molar-refractivity contribution in [3.8, 4) is 22.4 Å². The molecule has 5 nitrogen and oxygen atoms in total. The van der Waals surface area contributed by atoms with Crippen LogP contribution in [0, 0.1) is 5.82 Å². The highest BCUT2D eigenvalue weighted by Crippen LogP contribution is 2.35. The van der Waals surface area contributed by atoms with Crippen LogP contribution < -0.4 is 5.32 Å². The molecule has 1 aliphatic rings. The SMILES string of the molecule is On1ncc(C2CCNCC2)c1-c1cccc(-c2ccncc2F)c1. The topological polar surface area (TPSA) is 63.0 Å². The van der Waals surface area contributed by atoms with Gasteiger partial charge in [-0.1, -0.05) is 18.2 Å². The number of nitrogens with one attached hydrogen (secondary N) is 1. The summed E-state index contributed by atoms with van der Waals surface area (Å²) in [4.78, 5) is 4.73. The lowest BCUT2D eigenvalue weighted by molar-refractivity contribution is 0.153. The third-order valence-corrected chi connectivity index (χ3v) is 4.78. The van der Waals surface area contributed by atoms with Crippen molar-refractivity contribution in [2.45, 2.75) is 18.8 Å². The molecule has 0 spiro atoms. The van der Waals surface area contributed by atoms with Gasteiger partial charge in [-0.25, -0.2) is 4.39 Å². The van der Waals surface area contributed by atoms with E-state index >= 15 is 0 Å². The van der Waals surface area contributed by atoms with Crippen molar-refractivity contribution >= 4 is 0 Å². The lowest BCUT2D eigenvalue weighted by Crippen LogP contribution is -2.26. The van der Waals surface area contributed by atoms with Crippen LogP contribution in [0.15, 0.2) is 48.9 Å². The third kappa shape index (κ3) is 3.00. The number of piperidine rings is 1. The molecule has 0 bridgehead atoms. The van der Waals surface area contributed by atoms with E-state index in [0.717, 1.165) is 47.5 Å². The minimum Gasteiger partial charge on any atom is -0.411 e. The first-order valence-electron chi connectivity index (χ1n) is 8.42. The number of aromatic nitrogens is 3. The zero-order valence-corrected chi connectivity index (χ0v) is 13.7. The molecule has 0 aliphatic carbocycles. The van der Waals surface area contributed by atoms with Crippen LogP contribution in [0.5, 0.6) is 0 Å². The van der Waals surface area contributed by atoms with Crippen molar-refractivity contribution in [3.63, 3.8) is 0 Å². The van der Waals surface area contributed by atoms with Gasteiger partial charge < -0.3 is 10.5 Å². The molecule has 0 unspecified atom stereocenters. The predicted octanol–water partition coefficient (Wildman–Crippen LogP) is 3.46. The van der Waals surface area contributed by atoms with E-state index in [4.69, 9.17) is 0 Å². The third-order valence-electron chi connectivity index (χ3n) is 4.78. The molecule has 0 radical (unpaired) electrons. The smallest absolute Gasteiger partial charge is 0.149 e. The van der Waals surface area contributed by atoms with E-state index in [-0.39, 0.29) is 5.82 Å². The van der Waals surface area contributed by atoms with Crippen LogP contribution >= 0.6 is 0 Å². The summed E-state index contributed by atoms with van der Waals surface area (Å²) in [7, 11) is 0. The molecule has 4 rings (SSSR count). The van der Waals surface area contributed by atoms with Gasteiger partial charge in [-0.05, 0) is 49.5 Å². The molecule has 2 aromatic heterocycles. The summed E-state index contributed by atoms with van der Waals surface area (Å²) in [6.07, 6.45) is 6.54. The fourth-order valence-electron chi connectivity index (χ4n) is 3.51. The summed E-state index contributed by atoms with van der Waals surface area (Å²) in [6, 6.07) is 9.16. The van der Waals surface area contributed by atoms with Gasteiger partial charge in [-0.2, -0.15) is 0 Å². The van der Waals surface area contributed by atoms with Crippen LogP contribution in [0.2, 0.25) is 0 Å². The molecule has 2 N–H and O–H groups in total. The first-order valence-corrected chi connectivity index (χ1v) is 8.42. The lowest BCUT2D eigenvalue weighted by atomic mass is 9.88. The average Bonchev–Trinajstić information content (AvgIpc) is 3.04. The van der Waals surface area contributed by atoms with E-state index in [0.29, 0.717) is 17.2 Å². The maximum Gasteiger partial charge on any atom is 0.149 e. The van der Waals surface area contributed by atoms with Gasteiger partial charge in [0, 0.05) is 22.9 Å². The summed E-state index contributed by atoms with van der Waals surface area (Å²) in [5.41, 5.74) is 3.78. The fraction of sp³-hybridized carbons (Fsp3) is 0.263. The van der Waals surface area contributed by atoms with E-state index in [1.807, 2.05) is 24.3 Å². The van der Waals surface area contributed by atoms with Crippen LogP contribution in [-0.4, -0.2) is 33.2 Å². The Labute approximate surface area is 145 Å². The van der Waals surface area contributed by atoms with Gasteiger partial charge in [-0.15, -0.1) is 9.94 Å². The quantitative estimate of drug-likeness (QED) is 0.718. The molecule has 128 valence electrons. The standard InChI is InChI=1S/C19H19FN4O/c20-18-12-22-9-6-16(18)14-2-1-3-15(10-14)19-17(11-23-24(19)25)13-4-7-21-8-5-13/h1-3,6,9-13,21,25H,4-5,7-8H2. The molecule has 0 atom stereocenters. The minimum atomic E-state index is -0.365. The van der Waals surface area contributed by atoms with Gasteiger partial charge in [0.05, 0.1) is 12.4 Å². The lowest BCUT2D eigenvalue weighted by Gasteiger charge is -2.22. The Morgan fingerprint density at radius 1 is 1.12 bits per heavy atom. The van der Waals surface area contributed by atoms with Crippen molar-refractivity contribution in [2.24, 2.45) is 0 Å². The average molecular weight is 338 g/mol. The molecular weight excluding hydrogens is 319 g/mol. The predicted molar refractivity (Wildman–Crippen MR) is 92.9 cm³/mol. The second-order valence-corrected chi connectivity index (χ2v) is 6.30. The Bertz CT molecular complexity index is 887. The molecule has 0 saturated carbocycles. The number of nitrogens with zero attached hydrogens (tertiary/aromatic N) is 3. The largest absolute Gasteiger partial charge is 0.411 e. The summed E-state index contributed by atoms with van der Waals surface area (Å²) in [5.74, 6) is -0.00537.